The average molecular weight is 332 g/mol. The molecule has 100 valence electrons. The van der Waals surface area contributed by atoms with Gasteiger partial charge >= 0.3 is 0 Å². The molecule has 0 amide bonds. The topological polar surface area (TPSA) is 29.3 Å². The van der Waals surface area contributed by atoms with Crippen LogP contribution in [-0.2, 0) is 0 Å². The lowest BCUT2D eigenvalue weighted by molar-refractivity contribution is 0.209. The molecule has 0 bridgehead atoms. The Morgan fingerprint density at radius 1 is 1.22 bits per heavy atom. The second-order valence-electron chi connectivity index (χ2n) is 4.88. The van der Waals surface area contributed by atoms with Crippen LogP contribution in [0.4, 0.5) is 0 Å². The zero-order valence-corrected chi connectivity index (χ0v) is 12.9. The van der Waals surface area contributed by atoms with Crippen molar-refractivity contribution in [2.75, 3.05) is 19.6 Å². The van der Waals surface area contributed by atoms with Gasteiger partial charge in [-0.1, -0.05) is 30.5 Å². The standard InChI is InChI=1S/C14H20BrClN2/c15-12-9-11(5-6-13(12)16)14(10-17)18-7-3-1-2-4-8-18/h5-6,9,14H,1-4,7-8,10,17H2. The van der Waals surface area contributed by atoms with Crippen molar-refractivity contribution >= 4 is 27.5 Å². The van der Waals surface area contributed by atoms with Crippen LogP contribution in [0.5, 0.6) is 0 Å². The van der Waals surface area contributed by atoms with Gasteiger partial charge in [0.1, 0.15) is 0 Å². The summed E-state index contributed by atoms with van der Waals surface area (Å²) in [4.78, 5) is 2.52. The minimum atomic E-state index is 0.316. The molecule has 1 atom stereocenters. The van der Waals surface area contributed by atoms with Crippen molar-refractivity contribution in [1.29, 1.82) is 0 Å². The lowest BCUT2D eigenvalue weighted by Gasteiger charge is -2.30. The third-order valence-corrected chi connectivity index (χ3v) is 4.85. The van der Waals surface area contributed by atoms with Crippen LogP contribution in [0.1, 0.15) is 37.3 Å². The quantitative estimate of drug-likeness (QED) is 0.908. The summed E-state index contributed by atoms with van der Waals surface area (Å²) in [6.45, 7) is 2.97. The first-order valence-electron chi connectivity index (χ1n) is 6.61. The maximum Gasteiger partial charge on any atom is 0.0548 e. The van der Waals surface area contributed by atoms with Crippen LogP contribution in [0.25, 0.3) is 0 Å². The summed E-state index contributed by atoms with van der Waals surface area (Å²) in [5, 5.41) is 0.755. The van der Waals surface area contributed by atoms with E-state index >= 15 is 0 Å². The third kappa shape index (κ3) is 3.47. The number of nitrogens with zero attached hydrogens (tertiary/aromatic N) is 1. The normalized spacial score (nSPS) is 19.5. The van der Waals surface area contributed by atoms with E-state index in [0.717, 1.165) is 22.6 Å². The fourth-order valence-electron chi connectivity index (χ4n) is 2.62. The Hall–Kier alpha value is -0.0900. The van der Waals surface area contributed by atoms with E-state index in [1.807, 2.05) is 6.07 Å². The summed E-state index contributed by atoms with van der Waals surface area (Å²) in [6, 6.07) is 6.46. The Kier molecular flexibility index (Phi) is 5.49. The van der Waals surface area contributed by atoms with Gasteiger partial charge in [-0.15, -0.1) is 0 Å². The van der Waals surface area contributed by atoms with E-state index in [1.165, 1.54) is 31.2 Å². The van der Waals surface area contributed by atoms with E-state index in [9.17, 15) is 0 Å². The van der Waals surface area contributed by atoms with Crippen LogP contribution in [0.15, 0.2) is 22.7 Å². The summed E-state index contributed by atoms with van der Waals surface area (Å²) >= 11 is 9.54. The minimum Gasteiger partial charge on any atom is -0.329 e. The molecule has 1 aliphatic rings. The highest BCUT2D eigenvalue weighted by Gasteiger charge is 2.20. The fraction of sp³-hybridized carbons (Fsp3) is 0.571. The van der Waals surface area contributed by atoms with Crippen LogP contribution < -0.4 is 5.73 Å². The van der Waals surface area contributed by atoms with Crippen molar-refractivity contribution in [3.05, 3.63) is 33.3 Å². The molecule has 1 heterocycles. The summed E-state index contributed by atoms with van der Waals surface area (Å²) in [7, 11) is 0. The van der Waals surface area contributed by atoms with Gasteiger partial charge in [-0.3, -0.25) is 4.90 Å². The van der Waals surface area contributed by atoms with Crippen LogP contribution in [0.2, 0.25) is 5.02 Å². The molecule has 0 spiro atoms. The molecule has 2 N–H and O–H groups in total. The molecule has 1 unspecified atom stereocenters. The molecule has 0 saturated carbocycles. The lowest BCUT2D eigenvalue weighted by atomic mass is 10.1. The third-order valence-electron chi connectivity index (χ3n) is 3.63. The number of rotatable bonds is 3. The minimum absolute atomic E-state index is 0.316. The Balaban J connectivity index is 2.17. The number of halogens is 2. The molecular weight excluding hydrogens is 312 g/mol. The molecule has 4 heteroatoms. The fourth-order valence-corrected chi connectivity index (χ4v) is 3.14. The van der Waals surface area contributed by atoms with Gasteiger partial charge in [-0.25, -0.2) is 0 Å². The molecule has 2 nitrogen and oxygen atoms in total. The number of benzene rings is 1. The Morgan fingerprint density at radius 2 is 1.89 bits per heavy atom. The largest absolute Gasteiger partial charge is 0.329 e. The molecule has 1 aliphatic heterocycles. The van der Waals surface area contributed by atoms with Gasteiger partial charge in [-0.05, 0) is 59.6 Å². The second kappa shape index (κ2) is 6.90. The second-order valence-corrected chi connectivity index (χ2v) is 6.14. The Labute approximate surface area is 123 Å². The van der Waals surface area contributed by atoms with E-state index in [-0.39, 0.29) is 0 Å². The first-order chi connectivity index (χ1) is 8.72. The van der Waals surface area contributed by atoms with Gasteiger partial charge in [-0.2, -0.15) is 0 Å². The predicted molar refractivity (Wildman–Crippen MR) is 81.0 cm³/mol. The van der Waals surface area contributed by atoms with Crippen LogP contribution in [0.3, 0.4) is 0 Å². The summed E-state index contributed by atoms with van der Waals surface area (Å²) in [5.74, 6) is 0. The molecule has 2 rings (SSSR count). The van der Waals surface area contributed by atoms with E-state index in [4.69, 9.17) is 17.3 Å². The zero-order chi connectivity index (χ0) is 13.0. The highest BCUT2D eigenvalue weighted by molar-refractivity contribution is 9.10. The maximum absolute atomic E-state index is 6.05. The van der Waals surface area contributed by atoms with Crippen LogP contribution >= 0.6 is 27.5 Å². The smallest absolute Gasteiger partial charge is 0.0548 e. The monoisotopic (exact) mass is 330 g/mol. The molecule has 1 fully saturated rings. The summed E-state index contributed by atoms with van der Waals surface area (Å²) in [5.41, 5.74) is 7.24. The van der Waals surface area contributed by atoms with Crippen molar-refractivity contribution in [3.63, 3.8) is 0 Å². The van der Waals surface area contributed by atoms with Crippen molar-refractivity contribution in [2.45, 2.75) is 31.7 Å². The summed E-state index contributed by atoms with van der Waals surface area (Å²) in [6.07, 6.45) is 5.26. The van der Waals surface area contributed by atoms with Crippen molar-refractivity contribution in [1.82, 2.24) is 4.90 Å². The molecule has 0 aromatic heterocycles. The number of hydrogen-bond donors (Lipinski definition) is 1. The Bertz CT molecular complexity index is 389. The van der Waals surface area contributed by atoms with Gasteiger partial charge in [0.25, 0.3) is 0 Å². The average Bonchev–Trinajstić information content (AvgIpc) is 2.64. The molecule has 18 heavy (non-hydrogen) atoms. The number of likely N-dealkylation sites (tertiary alicyclic amines) is 1. The van der Waals surface area contributed by atoms with E-state index in [2.05, 4.69) is 33.0 Å². The molecule has 0 radical (unpaired) electrons. The van der Waals surface area contributed by atoms with E-state index in [1.54, 1.807) is 0 Å². The van der Waals surface area contributed by atoms with Gasteiger partial charge in [0.2, 0.25) is 0 Å². The zero-order valence-electron chi connectivity index (χ0n) is 10.5. The first-order valence-corrected chi connectivity index (χ1v) is 7.78. The van der Waals surface area contributed by atoms with E-state index < -0.39 is 0 Å². The van der Waals surface area contributed by atoms with Crippen LogP contribution in [0, 0.1) is 0 Å². The van der Waals surface area contributed by atoms with Crippen molar-refractivity contribution < 1.29 is 0 Å². The highest BCUT2D eigenvalue weighted by Crippen LogP contribution is 2.29. The SMILES string of the molecule is NCC(c1ccc(Cl)c(Br)c1)N1CCCCCC1. The van der Waals surface area contributed by atoms with Crippen LogP contribution in [-0.4, -0.2) is 24.5 Å². The number of hydrogen-bond acceptors (Lipinski definition) is 2. The summed E-state index contributed by atoms with van der Waals surface area (Å²) < 4.78 is 0.954. The predicted octanol–water partition coefficient (Wildman–Crippen LogP) is 3.98. The highest BCUT2D eigenvalue weighted by atomic mass is 79.9. The van der Waals surface area contributed by atoms with Gasteiger partial charge < -0.3 is 5.73 Å². The first kappa shape index (κ1) is 14.3. The van der Waals surface area contributed by atoms with Gasteiger partial charge in [0.05, 0.1) is 5.02 Å². The molecule has 1 aromatic rings. The Morgan fingerprint density at radius 3 is 2.44 bits per heavy atom. The lowest BCUT2D eigenvalue weighted by Crippen LogP contribution is -2.34. The molecule has 1 aromatic carbocycles. The van der Waals surface area contributed by atoms with Gasteiger partial charge in [0, 0.05) is 17.1 Å². The van der Waals surface area contributed by atoms with Crippen molar-refractivity contribution in [2.24, 2.45) is 5.73 Å². The number of nitrogens with two attached hydrogens (primary N) is 1. The van der Waals surface area contributed by atoms with Gasteiger partial charge in [0.15, 0.2) is 0 Å². The van der Waals surface area contributed by atoms with Crippen molar-refractivity contribution in [3.8, 4) is 0 Å². The molecule has 1 saturated heterocycles. The maximum atomic E-state index is 6.05. The molecule has 0 aliphatic carbocycles. The van der Waals surface area contributed by atoms with E-state index in [0.29, 0.717) is 12.6 Å². The molecular formula is C14H20BrClN2.